The maximum atomic E-state index is 9.93. The molecule has 8 heavy (non-hydrogen) atoms. The minimum Gasteiger partial charge on any atom is -0.342 e. The van der Waals surface area contributed by atoms with Crippen LogP contribution in [0, 0.1) is 6.92 Å². The van der Waals surface area contributed by atoms with E-state index in [2.05, 4.69) is 14.9 Å². The van der Waals surface area contributed by atoms with Gasteiger partial charge in [0.05, 0.1) is 0 Å². The summed E-state index contributed by atoms with van der Waals surface area (Å²) in [7, 11) is 0. The third-order valence-corrected chi connectivity index (χ3v) is 0.799. The second-order valence-corrected chi connectivity index (χ2v) is 1.33. The number of nitrogens with zero attached hydrogens (tertiary/aromatic N) is 2. The lowest BCUT2D eigenvalue weighted by atomic mass is 10.4. The first-order valence-corrected chi connectivity index (χ1v) is 2.08. The Balaban J connectivity index is 3.09. The van der Waals surface area contributed by atoms with Crippen molar-refractivity contribution in [3.05, 3.63) is 11.5 Å². The zero-order chi connectivity index (χ0) is 5.98. The Morgan fingerprint density at radius 3 is 2.75 bits per heavy atom. The normalized spacial score (nSPS) is 9.12. The van der Waals surface area contributed by atoms with Gasteiger partial charge in [0.2, 0.25) is 0 Å². The first-order valence-electron chi connectivity index (χ1n) is 2.08. The summed E-state index contributed by atoms with van der Waals surface area (Å²) < 4.78 is 4.46. The van der Waals surface area contributed by atoms with Crippen molar-refractivity contribution in [3.63, 3.8) is 0 Å². The lowest BCUT2D eigenvalue weighted by molar-refractivity contribution is 0.111. The fraction of sp³-hybridized carbons (Fsp3) is 0.250. The molecular weight excluding hydrogens is 108 g/mol. The van der Waals surface area contributed by atoms with Crippen molar-refractivity contribution in [1.82, 2.24) is 10.4 Å². The van der Waals surface area contributed by atoms with E-state index in [0.29, 0.717) is 12.0 Å². The van der Waals surface area contributed by atoms with Crippen LogP contribution >= 0.6 is 0 Å². The Bertz CT molecular complexity index is 194. The van der Waals surface area contributed by atoms with Gasteiger partial charge >= 0.3 is 0 Å². The summed E-state index contributed by atoms with van der Waals surface area (Å²) in [6.07, 6.45) is 0.603. The zero-order valence-electron chi connectivity index (χ0n) is 4.29. The lowest BCUT2D eigenvalue weighted by Crippen LogP contribution is -1.80. The third-order valence-electron chi connectivity index (χ3n) is 0.799. The van der Waals surface area contributed by atoms with Crippen LogP contribution in [0.25, 0.3) is 0 Å². The van der Waals surface area contributed by atoms with Crippen LogP contribution in [-0.4, -0.2) is 16.7 Å². The summed E-state index contributed by atoms with van der Waals surface area (Å²) in [5, 5.41) is 6.49. The summed E-state index contributed by atoms with van der Waals surface area (Å²) in [6.45, 7) is 1.63. The predicted molar refractivity (Wildman–Crippen MR) is 24.4 cm³/mol. The van der Waals surface area contributed by atoms with Gasteiger partial charge in [-0.2, -0.15) is 0 Å². The summed E-state index contributed by atoms with van der Waals surface area (Å²) in [6, 6.07) is 0. The Kier molecular flexibility index (Phi) is 1.07. The zero-order valence-corrected chi connectivity index (χ0v) is 4.29. The van der Waals surface area contributed by atoms with Crippen molar-refractivity contribution < 1.29 is 9.32 Å². The molecule has 4 heteroatoms. The van der Waals surface area contributed by atoms with Gasteiger partial charge < -0.3 is 4.52 Å². The molecule has 0 radical (unpaired) electrons. The molecule has 0 N–H and O–H groups in total. The number of carbonyl (C=O) groups is 1. The predicted octanol–water partition coefficient (Wildman–Crippen LogP) is 0.191. The van der Waals surface area contributed by atoms with E-state index in [-0.39, 0.29) is 5.69 Å². The highest BCUT2D eigenvalue weighted by Gasteiger charge is 1.99. The van der Waals surface area contributed by atoms with Crippen molar-refractivity contribution in [3.8, 4) is 0 Å². The van der Waals surface area contributed by atoms with Gasteiger partial charge in [0, 0.05) is 5.27 Å². The van der Waals surface area contributed by atoms with E-state index in [0.717, 1.165) is 0 Å². The molecule has 1 rings (SSSR count). The van der Waals surface area contributed by atoms with E-state index < -0.39 is 0 Å². The van der Waals surface area contributed by atoms with Crippen molar-refractivity contribution in [1.29, 1.82) is 0 Å². The molecule has 4 nitrogen and oxygen atoms in total. The van der Waals surface area contributed by atoms with Crippen LogP contribution in [0.1, 0.15) is 16.2 Å². The molecule has 0 unspecified atom stereocenters. The van der Waals surface area contributed by atoms with E-state index >= 15 is 0 Å². The quantitative estimate of drug-likeness (QED) is 0.486. The fourth-order valence-corrected chi connectivity index (χ4v) is 0.349. The molecule has 0 bridgehead atoms. The number of hydrogen-bond acceptors (Lipinski definition) is 4. The summed E-state index contributed by atoms with van der Waals surface area (Å²) >= 11 is 0. The molecule has 1 aromatic rings. The highest BCUT2D eigenvalue weighted by Crippen LogP contribution is 1.95. The van der Waals surface area contributed by atoms with Gasteiger partial charge in [0.25, 0.3) is 0 Å². The van der Waals surface area contributed by atoms with Crippen LogP contribution in [0.2, 0.25) is 0 Å². The average Bonchev–Trinajstić information content (AvgIpc) is 2.14. The first kappa shape index (κ1) is 4.96. The highest BCUT2D eigenvalue weighted by atomic mass is 16.5. The SMILES string of the molecule is Cc1onnc1C=O. The standard InChI is InChI=1S/C4H4N2O2/c1-3-4(2-7)5-6-8-3/h2H,1H3. The molecule has 0 aromatic carbocycles. The van der Waals surface area contributed by atoms with Gasteiger partial charge in [-0.05, 0) is 6.92 Å². The topological polar surface area (TPSA) is 56.0 Å². The maximum Gasteiger partial charge on any atom is 0.174 e. The Morgan fingerprint density at radius 2 is 2.50 bits per heavy atom. The van der Waals surface area contributed by atoms with Crippen molar-refractivity contribution in [2.45, 2.75) is 6.92 Å². The fourth-order valence-electron chi connectivity index (χ4n) is 0.349. The van der Waals surface area contributed by atoms with Crippen LogP contribution in [0.15, 0.2) is 4.52 Å². The molecule has 0 saturated heterocycles. The molecule has 1 aromatic heterocycles. The Morgan fingerprint density at radius 1 is 1.75 bits per heavy atom. The second kappa shape index (κ2) is 1.73. The minimum absolute atomic E-state index is 0.269. The summed E-state index contributed by atoms with van der Waals surface area (Å²) in [4.78, 5) is 9.93. The molecule has 0 aliphatic carbocycles. The number of hydrogen-bond donors (Lipinski definition) is 0. The van der Waals surface area contributed by atoms with E-state index in [1.165, 1.54) is 0 Å². The Hall–Kier alpha value is -1.19. The monoisotopic (exact) mass is 112 g/mol. The summed E-state index contributed by atoms with van der Waals surface area (Å²) in [5.74, 6) is 0.458. The molecule has 0 aliphatic heterocycles. The molecule has 0 fully saturated rings. The van der Waals surface area contributed by atoms with Crippen molar-refractivity contribution in [2.75, 3.05) is 0 Å². The number of carbonyl (C=O) groups excluding carboxylic acids is 1. The molecular formula is C4H4N2O2. The number of aryl methyl sites for hydroxylation is 1. The number of aldehydes is 1. The van der Waals surface area contributed by atoms with Crippen molar-refractivity contribution >= 4 is 6.29 Å². The molecule has 0 aliphatic rings. The van der Waals surface area contributed by atoms with Gasteiger partial charge in [-0.3, -0.25) is 4.79 Å². The van der Waals surface area contributed by atoms with Crippen LogP contribution in [0.5, 0.6) is 0 Å². The smallest absolute Gasteiger partial charge is 0.174 e. The van der Waals surface area contributed by atoms with E-state index in [4.69, 9.17) is 0 Å². The molecule has 1 heterocycles. The van der Waals surface area contributed by atoms with Crippen LogP contribution < -0.4 is 0 Å². The molecule has 0 saturated carbocycles. The number of aromatic nitrogens is 2. The third kappa shape index (κ3) is 0.598. The van der Waals surface area contributed by atoms with E-state index in [1.807, 2.05) is 0 Å². The largest absolute Gasteiger partial charge is 0.342 e. The Labute approximate surface area is 45.5 Å². The highest BCUT2D eigenvalue weighted by molar-refractivity contribution is 5.72. The van der Waals surface area contributed by atoms with Gasteiger partial charge in [0.1, 0.15) is 0 Å². The lowest BCUT2D eigenvalue weighted by Gasteiger charge is -1.72. The van der Waals surface area contributed by atoms with Crippen LogP contribution in [0.3, 0.4) is 0 Å². The van der Waals surface area contributed by atoms with E-state index in [1.54, 1.807) is 6.92 Å². The molecule has 0 spiro atoms. The maximum absolute atomic E-state index is 9.93. The molecule has 42 valence electrons. The minimum atomic E-state index is 0.269. The second-order valence-electron chi connectivity index (χ2n) is 1.33. The molecule has 0 atom stereocenters. The first-order chi connectivity index (χ1) is 3.84. The van der Waals surface area contributed by atoms with Gasteiger partial charge in [-0.15, -0.1) is 5.10 Å². The van der Waals surface area contributed by atoms with Gasteiger partial charge in [0.15, 0.2) is 17.7 Å². The van der Waals surface area contributed by atoms with Crippen molar-refractivity contribution in [2.24, 2.45) is 0 Å². The number of rotatable bonds is 1. The van der Waals surface area contributed by atoms with Crippen LogP contribution in [-0.2, 0) is 0 Å². The van der Waals surface area contributed by atoms with Gasteiger partial charge in [-0.25, -0.2) is 0 Å². The van der Waals surface area contributed by atoms with Crippen LogP contribution in [0.4, 0.5) is 0 Å². The average molecular weight is 112 g/mol. The summed E-state index contributed by atoms with van der Waals surface area (Å²) in [5.41, 5.74) is 0.269. The van der Waals surface area contributed by atoms with E-state index in [9.17, 15) is 4.79 Å². The van der Waals surface area contributed by atoms with Gasteiger partial charge in [-0.1, -0.05) is 0 Å². The molecule has 0 amide bonds.